The first-order valence-electron chi connectivity index (χ1n) is 8.94. The maximum Gasteiger partial charge on any atom is 0.417 e. The van der Waals surface area contributed by atoms with Gasteiger partial charge in [-0.1, -0.05) is 30.3 Å². The summed E-state index contributed by atoms with van der Waals surface area (Å²) in [6, 6.07) is 14.1. The Morgan fingerprint density at radius 1 is 1.07 bits per heavy atom. The molecule has 2 fully saturated rings. The topological polar surface area (TPSA) is 95.4 Å². The van der Waals surface area contributed by atoms with Crippen molar-refractivity contribution in [2.75, 3.05) is 19.6 Å². The van der Waals surface area contributed by atoms with Crippen LogP contribution in [0.5, 0.6) is 0 Å². The zero-order valence-corrected chi connectivity index (χ0v) is 15.3. The number of rotatable bonds is 3. The van der Waals surface area contributed by atoms with Gasteiger partial charge in [0.25, 0.3) is 0 Å². The summed E-state index contributed by atoms with van der Waals surface area (Å²) < 4.78 is 33.6. The van der Waals surface area contributed by atoms with Gasteiger partial charge in [-0.15, -0.1) is 0 Å². The van der Waals surface area contributed by atoms with Gasteiger partial charge in [0.15, 0.2) is 5.58 Å². The number of benzene rings is 2. The summed E-state index contributed by atoms with van der Waals surface area (Å²) in [6.45, 7) is 2.12. The molecule has 2 aromatic carbocycles. The fourth-order valence-corrected chi connectivity index (χ4v) is 6.16. The molecule has 0 unspecified atom stereocenters. The van der Waals surface area contributed by atoms with E-state index in [0.29, 0.717) is 23.6 Å². The van der Waals surface area contributed by atoms with Crippen molar-refractivity contribution in [3.63, 3.8) is 0 Å². The van der Waals surface area contributed by atoms with E-state index in [1.807, 2.05) is 30.3 Å². The van der Waals surface area contributed by atoms with E-state index in [1.165, 1.54) is 18.2 Å². The Kier molecular flexibility index (Phi) is 3.75. The van der Waals surface area contributed by atoms with Crippen LogP contribution in [0.25, 0.3) is 11.1 Å². The highest BCUT2D eigenvalue weighted by molar-refractivity contribution is 7.89. The molecule has 0 bridgehead atoms. The first-order valence-corrected chi connectivity index (χ1v) is 10.4. The van der Waals surface area contributed by atoms with Crippen LogP contribution in [0.1, 0.15) is 11.6 Å². The van der Waals surface area contributed by atoms with Crippen LogP contribution in [-0.4, -0.2) is 37.3 Å². The molecule has 2 N–H and O–H groups in total. The van der Waals surface area contributed by atoms with E-state index in [1.54, 1.807) is 4.31 Å². The van der Waals surface area contributed by atoms with Crippen molar-refractivity contribution in [1.82, 2.24) is 14.6 Å². The number of nitrogens with zero attached hydrogens (tertiary/aromatic N) is 1. The molecule has 2 aliphatic rings. The maximum absolute atomic E-state index is 13.5. The maximum atomic E-state index is 13.5. The van der Waals surface area contributed by atoms with Gasteiger partial charge in [-0.2, -0.15) is 4.31 Å². The largest absolute Gasteiger partial charge is 0.417 e. The quantitative estimate of drug-likeness (QED) is 0.716. The second-order valence-corrected chi connectivity index (χ2v) is 9.08. The van der Waals surface area contributed by atoms with Gasteiger partial charge >= 0.3 is 5.76 Å². The summed E-state index contributed by atoms with van der Waals surface area (Å²) >= 11 is 0. The molecule has 0 saturated carbocycles. The van der Waals surface area contributed by atoms with Crippen LogP contribution in [0.4, 0.5) is 0 Å². The molecule has 27 heavy (non-hydrogen) atoms. The normalized spacial score (nSPS) is 25.9. The van der Waals surface area contributed by atoms with Crippen LogP contribution in [-0.2, 0) is 10.0 Å². The predicted octanol–water partition coefficient (Wildman–Crippen LogP) is 1.70. The van der Waals surface area contributed by atoms with Crippen LogP contribution in [0.3, 0.4) is 0 Å². The van der Waals surface area contributed by atoms with Crippen molar-refractivity contribution in [3.8, 4) is 0 Å². The van der Waals surface area contributed by atoms with Gasteiger partial charge in [0.1, 0.15) is 0 Å². The lowest BCUT2D eigenvalue weighted by Gasteiger charge is -2.27. The molecule has 0 spiro atoms. The lowest BCUT2D eigenvalue weighted by atomic mass is 9.90. The van der Waals surface area contributed by atoms with Crippen LogP contribution < -0.4 is 11.1 Å². The third-order valence-electron chi connectivity index (χ3n) is 5.66. The molecular weight excluding hydrogens is 366 g/mol. The van der Waals surface area contributed by atoms with Crippen molar-refractivity contribution >= 4 is 21.1 Å². The molecule has 140 valence electrons. The number of oxazole rings is 1. The number of hydrogen-bond acceptors (Lipinski definition) is 5. The number of sulfonamides is 1. The third kappa shape index (κ3) is 2.63. The minimum Gasteiger partial charge on any atom is -0.408 e. The molecule has 3 heterocycles. The second kappa shape index (κ2) is 6.05. The molecule has 0 aliphatic carbocycles. The summed E-state index contributed by atoms with van der Waals surface area (Å²) in [5, 5.41) is 3.39. The van der Waals surface area contributed by atoms with E-state index in [0.717, 1.165) is 18.7 Å². The van der Waals surface area contributed by atoms with Gasteiger partial charge in [-0.25, -0.2) is 13.2 Å². The van der Waals surface area contributed by atoms with Crippen molar-refractivity contribution in [2.45, 2.75) is 10.9 Å². The van der Waals surface area contributed by atoms with E-state index in [4.69, 9.17) is 4.42 Å². The number of nitrogens with one attached hydrogen (secondary N) is 2. The third-order valence-corrected chi connectivity index (χ3v) is 7.50. The van der Waals surface area contributed by atoms with Gasteiger partial charge in [-0.3, -0.25) is 4.98 Å². The SMILES string of the molecule is O=c1[nH]c2cc(S(=O)(=O)N3C[C@@H]4CNC[C@@H]4[C@H]3c3ccccc3)ccc2o1. The van der Waals surface area contributed by atoms with Crippen molar-refractivity contribution in [3.05, 3.63) is 64.6 Å². The first-order chi connectivity index (χ1) is 13.0. The van der Waals surface area contributed by atoms with Gasteiger partial charge in [-0.05, 0) is 42.1 Å². The van der Waals surface area contributed by atoms with Crippen molar-refractivity contribution in [1.29, 1.82) is 0 Å². The van der Waals surface area contributed by atoms with Gasteiger partial charge < -0.3 is 9.73 Å². The number of aromatic amines is 1. The Morgan fingerprint density at radius 2 is 1.89 bits per heavy atom. The summed E-state index contributed by atoms with van der Waals surface area (Å²) in [4.78, 5) is 14.1. The summed E-state index contributed by atoms with van der Waals surface area (Å²) in [7, 11) is -3.72. The fourth-order valence-electron chi connectivity index (χ4n) is 4.42. The molecule has 0 amide bonds. The van der Waals surface area contributed by atoms with Crippen LogP contribution >= 0.6 is 0 Å². The lowest BCUT2D eigenvalue weighted by molar-refractivity contribution is 0.345. The zero-order valence-electron chi connectivity index (χ0n) is 14.5. The Balaban J connectivity index is 1.60. The highest BCUT2D eigenvalue weighted by atomic mass is 32.2. The highest BCUT2D eigenvalue weighted by Gasteiger charge is 2.49. The smallest absolute Gasteiger partial charge is 0.408 e. The minimum absolute atomic E-state index is 0.168. The molecule has 3 aromatic rings. The summed E-state index contributed by atoms with van der Waals surface area (Å²) in [5.74, 6) is -0.0504. The Labute approximate surface area is 156 Å². The summed E-state index contributed by atoms with van der Waals surface area (Å²) in [5.41, 5.74) is 1.74. The van der Waals surface area contributed by atoms with Crippen molar-refractivity contribution in [2.24, 2.45) is 11.8 Å². The molecule has 1 aromatic heterocycles. The Bertz CT molecular complexity index is 1150. The van der Waals surface area contributed by atoms with E-state index >= 15 is 0 Å². The first kappa shape index (κ1) is 16.7. The van der Waals surface area contributed by atoms with Crippen molar-refractivity contribution < 1.29 is 12.8 Å². The Morgan fingerprint density at radius 3 is 2.70 bits per heavy atom. The van der Waals surface area contributed by atoms with Crippen LogP contribution in [0.15, 0.2) is 62.6 Å². The number of H-pyrrole nitrogens is 1. The standard InChI is InChI=1S/C19H19N3O4S/c23-19-21-16-8-14(6-7-17(16)26-19)27(24,25)22-11-13-9-20-10-15(13)18(22)12-4-2-1-3-5-12/h1-8,13,15,18,20H,9-11H2,(H,21,23)/t13-,15-,18+/m0/s1. The molecule has 7 nitrogen and oxygen atoms in total. The van der Waals surface area contributed by atoms with E-state index in [2.05, 4.69) is 10.3 Å². The second-order valence-electron chi connectivity index (χ2n) is 7.18. The molecule has 2 aliphatic heterocycles. The molecular formula is C19H19N3O4S. The predicted molar refractivity (Wildman–Crippen MR) is 99.8 cm³/mol. The molecule has 8 heteroatoms. The molecule has 5 rings (SSSR count). The average molecular weight is 385 g/mol. The molecule has 2 saturated heterocycles. The van der Waals surface area contributed by atoms with Gasteiger partial charge in [0, 0.05) is 13.1 Å². The van der Waals surface area contributed by atoms with Gasteiger partial charge in [0.2, 0.25) is 10.0 Å². The van der Waals surface area contributed by atoms with E-state index < -0.39 is 15.8 Å². The number of hydrogen-bond donors (Lipinski definition) is 2. The van der Waals surface area contributed by atoms with Gasteiger partial charge in [0.05, 0.1) is 16.5 Å². The monoisotopic (exact) mass is 385 g/mol. The Hall–Kier alpha value is -2.42. The van der Waals surface area contributed by atoms with E-state index in [-0.39, 0.29) is 16.9 Å². The highest BCUT2D eigenvalue weighted by Crippen LogP contribution is 2.45. The number of fused-ring (bicyclic) bond motifs is 2. The summed E-state index contributed by atoms with van der Waals surface area (Å²) in [6.07, 6.45) is 0. The van der Waals surface area contributed by atoms with Crippen LogP contribution in [0.2, 0.25) is 0 Å². The zero-order chi connectivity index (χ0) is 18.6. The fraction of sp³-hybridized carbons (Fsp3) is 0.316. The van der Waals surface area contributed by atoms with E-state index in [9.17, 15) is 13.2 Å². The minimum atomic E-state index is -3.72. The van der Waals surface area contributed by atoms with Crippen LogP contribution in [0, 0.1) is 11.8 Å². The molecule has 0 radical (unpaired) electrons. The number of aromatic nitrogens is 1. The lowest BCUT2D eigenvalue weighted by Crippen LogP contribution is -2.34. The molecule has 3 atom stereocenters. The average Bonchev–Trinajstić information content (AvgIpc) is 3.34.